The van der Waals surface area contributed by atoms with Gasteiger partial charge in [-0.05, 0) is 12.0 Å². The predicted octanol–water partition coefficient (Wildman–Crippen LogP) is 0.502. The van der Waals surface area contributed by atoms with Gasteiger partial charge >= 0.3 is 12.1 Å². The van der Waals surface area contributed by atoms with Crippen molar-refractivity contribution in [2.24, 2.45) is 5.11 Å². The molecule has 8 heteroatoms. The number of aliphatic carboxylic acids is 1. The number of carboxylic acid groups (broad SMARTS) is 2. The fraction of sp³-hybridized carbons (Fsp3) is 0.667. The van der Waals surface area contributed by atoms with Crippen molar-refractivity contribution >= 4 is 12.1 Å². The maximum atomic E-state index is 10.7. The fourth-order valence-corrected chi connectivity index (χ4v) is 1.48. The Labute approximate surface area is 78.4 Å². The van der Waals surface area contributed by atoms with Crippen molar-refractivity contribution in [3.63, 3.8) is 0 Å². The molecule has 0 saturated carbocycles. The van der Waals surface area contributed by atoms with Gasteiger partial charge in [-0.15, -0.1) is 0 Å². The number of carbonyl (C=O) groups is 2. The first-order chi connectivity index (χ1) is 6.57. The van der Waals surface area contributed by atoms with Crippen LogP contribution < -0.4 is 0 Å². The van der Waals surface area contributed by atoms with Gasteiger partial charge in [-0.1, -0.05) is 5.11 Å². The second-order valence-corrected chi connectivity index (χ2v) is 2.82. The summed E-state index contributed by atoms with van der Waals surface area (Å²) in [5.74, 6) is -1.29. The van der Waals surface area contributed by atoms with Crippen LogP contribution in [0.5, 0.6) is 0 Å². The van der Waals surface area contributed by atoms with E-state index in [4.69, 9.17) is 15.7 Å². The molecule has 1 aliphatic rings. The molecule has 0 aromatic carbocycles. The highest BCUT2D eigenvalue weighted by Crippen LogP contribution is 2.21. The zero-order valence-electron chi connectivity index (χ0n) is 7.07. The zero-order valence-corrected chi connectivity index (χ0v) is 7.07. The summed E-state index contributed by atoms with van der Waals surface area (Å²) in [5.41, 5.74) is 8.15. The minimum Gasteiger partial charge on any atom is -0.480 e. The van der Waals surface area contributed by atoms with Gasteiger partial charge in [0.15, 0.2) is 0 Å². The number of hydrogen-bond donors (Lipinski definition) is 2. The lowest BCUT2D eigenvalue weighted by Crippen LogP contribution is -2.43. The third kappa shape index (κ3) is 1.69. The van der Waals surface area contributed by atoms with Gasteiger partial charge in [-0.2, -0.15) is 0 Å². The maximum absolute atomic E-state index is 10.7. The molecule has 76 valence electrons. The lowest BCUT2D eigenvalue weighted by molar-refractivity contribution is -0.141. The molecule has 14 heavy (non-hydrogen) atoms. The Morgan fingerprint density at radius 3 is 2.57 bits per heavy atom. The van der Waals surface area contributed by atoms with E-state index >= 15 is 0 Å². The van der Waals surface area contributed by atoms with Crippen molar-refractivity contribution in [2.45, 2.75) is 18.5 Å². The minimum atomic E-state index is -1.31. The van der Waals surface area contributed by atoms with Crippen molar-refractivity contribution in [1.82, 2.24) is 4.90 Å². The third-order valence-electron chi connectivity index (χ3n) is 2.06. The summed E-state index contributed by atoms with van der Waals surface area (Å²) >= 11 is 0. The molecule has 0 aliphatic carbocycles. The van der Waals surface area contributed by atoms with E-state index in [1.807, 2.05) is 0 Å². The van der Waals surface area contributed by atoms with Gasteiger partial charge in [0, 0.05) is 11.5 Å². The van der Waals surface area contributed by atoms with Gasteiger partial charge in [-0.25, -0.2) is 9.59 Å². The van der Waals surface area contributed by atoms with Gasteiger partial charge in [0.2, 0.25) is 0 Å². The van der Waals surface area contributed by atoms with Gasteiger partial charge in [0.1, 0.15) is 6.04 Å². The van der Waals surface area contributed by atoms with Gasteiger partial charge in [0.05, 0.1) is 6.04 Å². The number of likely N-dealkylation sites (tertiary alicyclic amines) is 1. The molecule has 1 rings (SSSR count). The van der Waals surface area contributed by atoms with Gasteiger partial charge in [-0.3, -0.25) is 4.90 Å². The normalized spacial score (nSPS) is 25.6. The van der Waals surface area contributed by atoms with Crippen molar-refractivity contribution in [3.05, 3.63) is 10.4 Å². The molecular formula is C6H8N4O4. The molecule has 0 spiro atoms. The van der Waals surface area contributed by atoms with Crippen molar-refractivity contribution in [3.8, 4) is 0 Å². The summed E-state index contributed by atoms with van der Waals surface area (Å²) in [5, 5.41) is 20.6. The molecule has 2 N–H and O–H groups in total. The van der Waals surface area contributed by atoms with Crippen LogP contribution in [0.2, 0.25) is 0 Å². The summed E-state index contributed by atoms with van der Waals surface area (Å²) in [7, 11) is 0. The maximum Gasteiger partial charge on any atom is 0.408 e. The lowest BCUT2D eigenvalue weighted by atomic mass is 10.1. The Kier molecular flexibility index (Phi) is 2.78. The predicted molar refractivity (Wildman–Crippen MR) is 43.7 cm³/mol. The van der Waals surface area contributed by atoms with E-state index in [2.05, 4.69) is 10.0 Å². The van der Waals surface area contributed by atoms with E-state index in [1.54, 1.807) is 0 Å². The Bertz CT molecular complexity index is 301. The highest BCUT2D eigenvalue weighted by molar-refractivity contribution is 5.81. The summed E-state index contributed by atoms with van der Waals surface area (Å²) in [4.78, 5) is 24.6. The first-order valence-electron chi connectivity index (χ1n) is 3.84. The van der Waals surface area contributed by atoms with Crippen LogP contribution in [0.3, 0.4) is 0 Å². The Morgan fingerprint density at radius 1 is 1.50 bits per heavy atom. The van der Waals surface area contributed by atoms with Crippen molar-refractivity contribution < 1.29 is 19.8 Å². The number of azide groups is 1. The molecule has 0 unspecified atom stereocenters. The summed E-state index contributed by atoms with van der Waals surface area (Å²) < 4.78 is 0. The largest absolute Gasteiger partial charge is 0.480 e. The molecular weight excluding hydrogens is 192 g/mol. The van der Waals surface area contributed by atoms with E-state index in [0.29, 0.717) is 0 Å². The minimum absolute atomic E-state index is 0.0794. The monoisotopic (exact) mass is 200 g/mol. The lowest BCUT2D eigenvalue weighted by Gasteiger charge is -2.19. The van der Waals surface area contributed by atoms with Crippen LogP contribution in [0.4, 0.5) is 4.79 Å². The van der Waals surface area contributed by atoms with Crippen LogP contribution in [0.15, 0.2) is 5.11 Å². The second kappa shape index (κ2) is 3.84. The average Bonchev–Trinajstić information content (AvgIpc) is 2.48. The quantitative estimate of drug-likeness (QED) is 0.382. The molecule has 1 saturated heterocycles. The van der Waals surface area contributed by atoms with Crippen LogP contribution in [-0.4, -0.2) is 45.8 Å². The number of carboxylic acids is 1. The first kappa shape index (κ1) is 10.1. The van der Waals surface area contributed by atoms with Crippen LogP contribution in [0, 0.1) is 0 Å². The van der Waals surface area contributed by atoms with Crippen LogP contribution >= 0.6 is 0 Å². The average molecular weight is 200 g/mol. The molecule has 1 amide bonds. The van der Waals surface area contributed by atoms with Crippen molar-refractivity contribution in [2.75, 3.05) is 6.54 Å². The topological polar surface area (TPSA) is 127 Å². The number of hydrogen-bond acceptors (Lipinski definition) is 3. The standard InChI is InChI=1S/C6H8N4O4/c7-9-8-3-1-2-10(6(13)14)4(3)5(11)12/h3-4H,1-2H2,(H,11,12)(H,13,14)/t3-,4-/m0/s1. The van der Waals surface area contributed by atoms with E-state index < -0.39 is 24.1 Å². The smallest absolute Gasteiger partial charge is 0.408 e. The highest BCUT2D eigenvalue weighted by Gasteiger charge is 2.41. The molecule has 0 radical (unpaired) electrons. The second-order valence-electron chi connectivity index (χ2n) is 2.82. The molecule has 2 atom stereocenters. The fourth-order valence-electron chi connectivity index (χ4n) is 1.48. The number of rotatable bonds is 2. The van der Waals surface area contributed by atoms with Gasteiger partial charge in [0.25, 0.3) is 0 Å². The molecule has 0 aromatic heterocycles. The summed E-state index contributed by atoms with van der Waals surface area (Å²) in [6, 6.07) is -2.07. The van der Waals surface area contributed by atoms with E-state index in [1.165, 1.54) is 0 Å². The Hall–Kier alpha value is -1.95. The van der Waals surface area contributed by atoms with E-state index in [0.717, 1.165) is 4.90 Å². The molecule has 1 fully saturated rings. The van der Waals surface area contributed by atoms with Crippen LogP contribution in [0.25, 0.3) is 10.4 Å². The summed E-state index contributed by atoms with van der Waals surface area (Å²) in [6.07, 6.45) is -1.07. The Balaban J connectivity index is 2.90. The van der Waals surface area contributed by atoms with Crippen LogP contribution in [-0.2, 0) is 4.79 Å². The summed E-state index contributed by atoms with van der Waals surface area (Å²) in [6.45, 7) is 0.0794. The first-order valence-corrected chi connectivity index (χ1v) is 3.84. The highest BCUT2D eigenvalue weighted by atomic mass is 16.4. The number of nitrogens with zero attached hydrogens (tertiary/aromatic N) is 4. The molecule has 8 nitrogen and oxygen atoms in total. The molecule has 0 bridgehead atoms. The van der Waals surface area contributed by atoms with E-state index in [9.17, 15) is 9.59 Å². The molecule has 1 heterocycles. The zero-order chi connectivity index (χ0) is 10.7. The van der Waals surface area contributed by atoms with E-state index in [-0.39, 0.29) is 13.0 Å². The Morgan fingerprint density at radius 2 is 2.14 bits per heavy atom. The molecule has 1 aliphatic heterocycles. The van der Waals surface area contributed by atoms with Gasteiger partial charge < -0.3 is 10.2 Å². The van der Waals surface area contributed by atoms with Crippen molar-refractivity contribution in [1.29, 1.82) is 0 Å². The molecule has 0 aromatic rings. The van der Waals surface area contributed by atoms with Crippen LogP contribution in [0.1, 0.15) is 6.42 Å². The third-order valence-corrected chi connectivity index (χ3v) is 2.06. The number of amides is 1. The SMILES string of the molecule is [N-]=[N+]=N[C@H]1CCN(C(=O)O)[C@@H]1C(=O)O.